The largest absolute Gasteiger partial charge is 0.334 e. The molecule has 172 valence electrons. The van der Waals surface area contributed by atoms with Gasteiger partial charge in [0.05, 0.1) is 11.7 Å². The van der Waals surface area contributed by atoms with Gasteiger partial charge in [0.2, 0.25) is 0 Å². The van der Waals surface area contributed by atoms with Gasteiger partial charge in [-0.05, 0) is 55.3 Å². The monoisotopic (exact) mass is 485 g/mol. The van der Waals surface area contributed by atoms with E-state index in [9.17, 15) is 4.79 Å². The van der Waals surface area contributed by atoms with Crippen LogP contribution in [-0.2, 0) is 11.2 Å². The van der Waals surface area contributed by atoms with Crippen molar-refractivity contribution in [1.29, 1.82) is 0 Å². The van der Waals surface area contributed by atoms with Crippen LogP contribution in [0.5, 0.6) is 0 Å². The fourth-order valence-electron chi connectivity index (χ4n) is 4.20. The fourth-order valence-corrected chi connectivity index (χ4v) is 6.68. The minimum Gasteiger partial charge on any atom is -0.334 e. The van der Waals surface area contributed by atoms with Gasteiger partial charge < -0.3 is 4.90 Å². The second-order valence-corrected chi connectivity index (χ2v) is 10.2. The van der Waals surface area contributed by atoms with Gasteiger partial charge in [0.1, 0.15) is 9.93 Å². The number of amides is 1. The predicted octanol–water partition coefficient (Wildman–Crippen LogP) is 6.72. The summed E-state index contributed by atoms with van der Waals surface area (Å²) in [4.78, 5) is 24.9. The molecule has 0 bridgehead atoms. The first kappa shape index (κ1) is 22.8. The molecule has 2 heterocycles. The van der Waals surface area contributed by atoms with Crippen molar-refractivity contribution in [3.8, 4) is 0 Å². The van der Waals surface area contributed by atoms with E-state index in [1.807, 2.05) is 41.3 Å². The average Bonchev–Trinajstić information content (AvgIpc) is 3.40. The Balaban J connectivity index is 1.49. The Morgan fingerprint density at radius 2 is 1.53 bits per heavy atom. The van der Waals surface area contributed by atoms with Crippen LogP contribution in [0, 0.1) is 0 Å². The summed E-state index contributed by atoms with van der Waals surface area (Å²) < 4.78 is 0. The SMILES string of the molecule is CCN1/C(=C2/SC(=NC(C)c3ccccc3)N(CCc3ccccc3)C2=O)Sc2ccccc21. The summed E-state index contributed by atoms with van der Waals surface area (Å²) in [6.45, 7) is 5.64. The van der Waals surface area contributed by atoms with E-state index in [0.29, 0.717) is 6.54 Å². The van der Waals surface area contributed by atoms with Crippen LogP contribution in [0.25, 0.3) is 0 Å². The molecular formula is C28H27N3OS2. The lowest BCUT2D eigenvalue weighted by Gasteiger charge is -2.19. The molecule has 0 saturated carbocycles. The summed E-state index contributed by atoms with van der Waals surface area (Å²) in [5, 5.41) is 1.80. The van der Waals surface area contributed by atoms with Crippen molar-refractivity contribution in [3.05, 3.63) is 106 Å². The van der Waals surface area contributed by atoms with Crippen LogP contribution in [0.4, 0.5) is 5.69 Å². The zero-order valence-electron chi connectivity index (χ0n) is 19.3. The number of anilines is 1. The average molecular weight is 486 g/mol. The molecule has 1 saturated heterocycles. The molecular weight excluding hydrogens is 458 g/mol. The van der Waals surface area contributed by atoms with Crippen LogP contribution in [-0.4, -0.2) is 29.1 Å². The van der Waals surface area contributed by atoms with Crippen molar-refractivity contribution in [2.75, 3.05) is 18.0 Å². The highest BCUT2D eigenvalue weighted by Crippen LogP contribution is 2.50. The van der Waals surface area contributed by atoms with Crippen molar-refractivity contribution in [3.63, 3.8) is 0 Å². The van der Waals surface area contributed by atoms with Gasteiger partial charge >= 0.3 is 0 Å². The Bertz CT molecular complexity index is 1240. The molecule has 0 aliphatic carbocycles. The Hall–Kier alpha value is -2.96. The molecule has 0 radical (unpaired) electrons. The molecule has 1 unspecified atom stereocenters. The van der Waals surface area contributed by atoms with Crippen molar-refractivity contribution in [2.45, 2.75) is 31.2 Å². The number of nitrogens with zero attached hydrogens (tertiary/aromatic N) is 3. The van der Waals surface area contributed by atoms with E-state index in [1.54, 1.807) is 11.8 Å². The van der Waals surface area contributed by atoms with Gasteiger partial charge in [0.15, 0.2) is 5.17 Å². The molecule has 5 rings (SSSR count). The zero-order chi connectivity index (χ0) is 23.5. The lowest BCUT2D eigenvalue weighted by Crippen LogP contribution is -2.32. The Morgan fingerprint density at radius 1 is 0.853 bits per heavy atom. The number of rotatable bonds is 6. The number of carbonyl (C=O) groups is 1. The molecule has 2 aliphatic heterocycles. The summed E-state index contributed by atoms with van der Waals surface area (Å²) in [6, 6.07) is 28.9. The molecule has 6 heteroatoms. The van der Waals surface area contributed by atoms with E-state index in [4.69, 9.17) is 4.99 Å². The predicted molar refractivity (Wildman–Crippen MR) is 144 cm³/mol. The van der Waals surface area contributed by atoms with E-state index < -0.39 is 0 Å². The minimum atomic E-state index is -0.0317. The Morgan fingerprint density at radius 3 is 2.26 bits per heavy atom. The highest BCUT2D eigenvalue weighted by Gasteiger charge is 2.39. The number of aliphatic imine (C=N–C) groups is 1. The van der Waals surface area contributed by atoms with E-state index in [1.165, 1.54) is 27.9 Å². The van der Waals surface area contributed by atoms with Crippen molar-refractivity contribution in [1.82, 2.24) is 4.90 Å². The van der Waals surface area contributed by atoms with Crippen LogP contribution in [0.1, 0.15) is 31.0 Å². The van der Waals surface area contributed by atoms with Gasteiger partial charge in [-0.15, -0.1) is 0 Å². The van der Waals surface area contributed by atoms with Crippen LogP contribution in [0.15, 0.2) is 105 Å². The van der Waals surface area contributed by atoms with Gasteiger partial charge in [-0.25, -0.2) is 0 Å². The maximum atomic E-state index is 13.8. The smallest absolute Gasteiger partial charge is 0.269 e. The van der Waals surface area contributed by atoms with Crippen molar-refractivity contribution < 1.29 is 4.79 Å². The third-order valence-electron chi connectivity index (χ3n) is 6.03. The molecule has 3 aromatic carbocycles. The summed E-state index contributed by atoms with van der Waals surface area (Å²) >= 11 is 3.20. The molecule has 0 spiro atoms. The first-order chi connectivity index (χ1) is 16.7. The maximum absolute atomic E-state index is 13.8. The van der Waals surface area contributed by atoms with Gasteiger partial charge in [-0.2, -0.15) is 0 Å². The molecule has 1 atom stereocenters. The lowest BCUT2D eigenvalue weighted by molar-refractivity contribution is -0.122. The lowest BCUT2D eigenvalue weighted by atomic mass is 10.1. The number of fused-ring (bicyclic) bond motifs is 1. The van der Waals surface area contributed by atoms with Crippen molar-refractivity contribution in [2.24, 2.45) is 4.99 Å². The Kier molecular flexibility index (Phi) is 6.79. The summed E-state index contributed by atoms with van der Waals surface area (Å²) in [7, 11) is 0. The molecule has 0 N–H and O–H groups in total. The Labute approximate surface area is 209 Å². The van der Waals surface area contributed by atoms with E-state index in [-0.39, 0.29) is 11.9 Å². The molecule has 4 nitrogen and oxygen atoms in total. The highest BCUT2D eigenvalue weighted by molar-refractivity contribution is 8.19. The van der Waals surface area contributed by atoms with Gasteiger partial charge in [-0.1, -0.05) is 84.6 Å². The topological polar surface area (TPSA) is 35.9 Å². The summed E-state index contributed by atoms with van der Waals surface area (Å²) in [5.41, 5.74) is 3.53. The molecule has 1 amide bonds. The highest BCUT2D eigenvalue weighted by atomic mass is 32.2. The number of benzene rings is 3. The summed E-state index contributed by atoms with van der Waals surface area (Å²) in [5.74, 6) is 0.0497. The van der Waals surface area contributed by atoms with Crippen LogP contribution in [0.2, 0.25) is 0 Å². The second kappa shape index (κ2) is 10.1. The second-order valence-electron chi connectivity index (χ2n) is 8.24. The van der Waals surface area contributed by atoms with Gasteiger partial charge in [-0.3, -0.25) is 14.7 Å². The fraction of sp³-hybridized carbons (Fsp3) is 0.214. The maximum Gasteiger partial charge on any atom is 0.269 e. The third kappa shape index (κ3) is 4.52. The normalized spacial score (nSPS) is 19.7. The van der Waals surface area contributed by atoms with Gasteiger partial charge in [0, 0.05) is 18.0 Å². The first-order valence-electron chi connectivity index (χ1n) is 11.6. The number of amidine groups is 1. The van der Waals surface area contributed by atoms with Crippen LogP contribution >= 0.6 is 23.5 Å². The molecule has 1 fully saturated rings. The molecule has 2 aliphatic rings. The van der Waals surface area contributed by atoms with E-state index in [2.05, 4.69) is 67.3 Å². The molecule has 34 heavy (non-hydrogen) atoms. The van der Waals surface area contributed by atoms with Gasteiger partial charge in [0.25, 0.3) is 5.91 Å². The number of thioether (sulfide) groups is 2. The molecule has 3 aromatic rings. The van der Waals surface area contributed by atoms with Crippen LogP contribution < -0.4 is 4.90 Å². The number of carbonyl (C=O) groups excluding carboxylic acids is 1. The standard InChI is InChI=1S/C28H27N3OS2/c1-3-30-23-16-10-11-17-24(23)33-27(30)25-26(32)31(19-18-21-12-6-4-7-13-21)28(34-25)29-20(2)22-14-8-5-9-15-22/h4-17,20H,3,18-19H2,1-2H3/b27-25-,29-28?. The first-order valence-corrected chi connectivity index (χ1v) is 13.2. The number of para-hydroxylation sites is 1. The summed E-state index contributed by atoms with van der Waals surface area (Å²) in [6.07, 6.45) is 0.791. The number of hydrogen-bond acceptors (Lipinski definition) is 5. The molecule has 0 aromatic heterocycles. The van der Waals surface area contributed by atoms with Crippen LogP contribution in [0.3, 0.4) is 0 Å². The quantitative estimate of drug-likeness (QED) is 0.363. The number of hydrogen-bond donors (Lipinski definition) is 0. The minimum absolute atomic E-state index is 0.0317. The van der Waals surface area contributed by atoms with E-state index in [0.717, 1.165) is 33.6 Å². The van der Waals surface area contributed by atoms with E-state index >= 15 is 0 Å². The third-order valence-corrected chi connectivity index (χ3v) is 8.43. The zero-order valence-corrected chi connectivity index (χ0v) is 21.0. The van der Waals surface area contributed by atoms with Crippen molar-refractivity contribution >= 4 is 40.3 Å².